The molecule has 2 atom stereocenters. The lowest BCUT2D eigenvalue weighted by Crippen LogP contribution is -2.51. The van der Waals surface area contributed by atoms with Crippen molar-refractivity contribution in [1.29, 1.82) is 0 Å². The van der Waals surface area contributed by atoms with Crippen molar-refractivity contribution < 1.29 is 18.7 Å². The van der Waals surface area contributed by atoms with Gasteiger partial charge in [0.1, 0.15) is 23.9 Å². The molecule has 190 valence electrons. The largest absolute Gasteiger partial charge is 0.376 e. The summed E-state index contributed by atoms with van der Waals surface area (Å²) >= 11 is 0. The van der Waals surface area contributed by atoms with Gasteiger partial charge in [-0.25, -0.2) is 9.07 Å². The van der Waals surface area contributed by atoms with Crippen LogP contribution in [0.3, 0.4) is 0 Å². The zero-order valence-corrected chi connectivity index (χ0v) is 20.3. The average molecular weight is 494 g/mol. The minimum Gasteiger partial charge on any atom is -0.376 e. The molecule has 8 nitrogen and oxygen atoms in total. The van der Waals surface area contributed by atoms with E-state index in [0.29, 0.717) is 24.2 Å². The molecule has 1 N–H and O–H groups in total. The number of ether oxygens (including phenoxy) is 1. The van der Waals surface area contributed by atoms with Crippen LogP contribution in [0.4, 0.5) is 4.39 Å². The maximum Gasteiger partial charge on any atom is 0.247 e. The van der Waals surface area contributed by atoms with Gasteiger partial charge in [-0.3, -0.25) is 9.59 Å². The van der Waals surface area contributed by atoms with Crippen molar-refractivity contribution in [2.75, 3.05) is 13.2 Å². The van der Waals surface area contributed by atoms with Gasteiger partial charge in [-0.05, 0) is 55.5 Å². The molecular weight excluding hydrogens is 461 g/mol. The Morgan fingerprint density at radius 1 is 1.06 bits per heavy atom. The highest BCUT2D eigenvalue weighted by Gasteiger charge is 2.37. The molecule has 0 radical (unpaired) electrons. The van der Waals surface area contributed by atoms with E-state index in [4.69, 9.17) is 4.74 Å². The summed E-state index contributed by atoms with van der Waals surface area (Å²) in [7, 11) is 0. The number of hydrogen-bond acceptors (Lipinski definition) is 5. The predicted octanol–water partition coefficient (Wildman–Crippen LogP) is 3.77. The molecule has 2 amide bonds. The van der Waals surface area contributed by atoms with Gasteiger partial charge in [-0.15, -0.1) is 5.10 Å². The van der Waals surface area contributed by atoms with Gasteiger partial charge in [0.25, 0.3) is 0 Å². The van der Waals surface area contributed by atoms with Gasteiger partial charge >= 0.3 is 0 Å². The van der Waals surface area contributed by atoms with Gasteiger partial charge in [-0.1, -0.05) is 48.7 Å². The molecule has 2 aromatic carbocycles. The quantitative estimate of drug-likeness (QED) is 0.516. The molecule has 0 spiro atoms. The highest BCUT2D eigenvalue weighted by Crippen LogP contribution is 2.32. The second kappa shape index (κ2) is 11.2. The van der Waals surface area contributed by atoms with E-state index in [1.165, 1.54) is 12.1 Å². The van der Waals surface area contributed by atoms with E-state index in [2.05, 4.69) is 15.6 Å². The third-order valence-corrected chi connectivity index (χ3v) is 7.20. The summed E-state index contributed by atoms with van der Waals surface area (Å²) in [5, 5.41) is 11.4. The molecule has 1 aliphatic carbocycles. The summed E-state index contributed by atoms with van der Waals surface area (Å²) in [6, 6.07) is 12.4. The Labute approximate surface area is 209 Å². The molecule has 0 bridgehead atoms. The second-order valence-electron chi connectivity index (χ2n) is 9.66. The minimum absolute atomic E-state index is 0.0248. The Hall–Kier alpha value is -3.33. The van der Waals surface area contributed by atoms with Crippen LogP contribution < -0.4 is 5.32 Å². The van der Waals surface area contributed by atoms with Crippen molar-refractivity contribution in [3.05, 3.63) is 59.9 Å². The van der Waals surface area contributed by atoms with Crippen molar-refractivity contribution >= 4 is 22.8 Å². The number of benzene rings is 2. The highest BCUT2D eigenvalue weighted by atomic mass is 19.1. The minimum atomic E-state index is -0.877. The molecular formula is C27H32FN5O3. The van der Waals surface area contributed by atoms with E-state index in [9.17, 15) is 14.0 Å². The van der Waals surface area contributed by atoms with Gasteiger partial charge < -0.3 is 15.0 Å². The van der Waals surface area contributed by atoms with Gasteiger partial charge in [-0.2, -0.15) is 0 Å². The van der Waals surface area contributed by atoms with Crippen LogP contribution in [0.15, 0.2) is 48.5 Å². The first kappa shape index (κ1) is 24.4. The Kier molecular flexibility index (Phi) is 7.55. The van der Waals surface area contributed by atoms with Crippen molar-refractivity contribution in [3.63, 3.8) is 0 Å². The fourth-order valence-corrected chi connectivity index (χ4v) is 5.36. The van der Waals surface area contributed by atoms with Gasteiger partial charge in [0, 0.05) is 19.2 Å². The topological polar surface area (TPSA) is 89.4 Å². The maximum absolute atomic E-state index is 14.0. The van der Waals surface area contributed by atoms with E-state index in [0.717, 1.165) is 50.5 Å². The lowest BCUT2D eigenvalue weighted by molar-refractivity contribution is -0.145. The Morgan fingerprint density at radius 3 is 2.58 bits per heavy atom. The molecule has 1 aromatic heterocycles. The molecule has 3 aromatic rings. The lowest BCUT2D eigenvalue weighted by Gasteiger charge is -2.39. The summed E-state index contributed by atoms with van der Waals surface area (Å²) in [5.74, 6) is -0.875. The van der Waals surface area contributed by atoms with Crippen molar-refractivity contribution in [3.8, 4) is 0 Å². The number of halogens is 1. The van der Waals surface area contributed by atoms with Crippen LogP contribution in [0.5, 0.6) is 0 Å². The second-order valence-corrected chi connectivity index (χ2v) is 9.66. The predicted molar refractivity (Wildman–Crippen MR) is 132 cm³/mol. The standard InChI is InChI=1S/C27H32FN5O3/c28-20-14-12-19(13-15-20)26(27(35)29-17-22-9-6-16-36-22)33(21-7-2-1-3-8-21)25(34)18-32-24-11-5-4-10-23(24)30-31-32/h4-5,10-15,21-22,26H,1-3,6-9,16-18H2,(H,29,35)/t22-,26-/m0/s1. The summed E-state index contributed by atoms with van der Waals surface area (Å²) in [6.45, 7) is 1.05. The summed E-state index contributed by atoms with van der Waals surface area (Å²) in [5.41, 5.74) is 2.05. The number of amides is 2. The van der Waals surface area contributed by atoms with Crippen LogP contribution in [0.2, 0.25) is 0 Å². The number of hydrogen-bond donors (Lipinski definition) is 1. The molecule has 2 heterocycles. The van der Waals surface area contributed by atoms with Crippen LogP contribution >= 0.6 is 0 Å². The molecule has 36 heavy (non-hydrogen) atoms. The van der Waals surface area contributed by atoms with Crippen LogP contribution in [0, 0.1) is 5.82 Å². The summed E-state index contributed by atoms with van der Waals surface area (Å²) in [4.78, 5) is 29.4. The normalized spacial score (nSPS) is 19.3. The van der Waals surface area contributed by atoms with E-state index in [1.807, 2.05) is 24.3 Å². The lowest BCUT2D eigenvalue weighted by atomic mass is 9.91. The SMILES string of the molecule is O=C(NC[C@@H]1CCCO1)[C@H](c1ccc(F)cc1)N(C(=O)Cn1nnc2ccccc21)C1CCCCC1. The van der Waals surface area contributed by atoms with E-state index in [1.54, 1.807) is 21.7 Å². The Morgan fingerprint density at radius 2 is 1.83 bits per heavy atom. The molecule has 5 rings (SSSR count). The van der Waals surface area contributed by atoms with Crippen LogP contribution in [0.25, 0.3) is 11.0 Å². The average Bonchev–Trinajstić information content (AvgIpc) is 3.57. The van der Waals surface area contributed by atoms with Crippen molar-refractivity contribution in [2.45, 2.75) is 69.7 Å². The van der Waals surface area contributed by atoms with Gasteiger partial charge in [0.05, 0.1) is 11.6 Å². The van der Waals surface area contributed by atoms with Crippen LogP contribution in [-0.4, -0.2) is 57.0 Å². The molecule has 9 heteroatoms. The van der Waals surface area contributed by atoms with E-state index in [-0.39, 0.29) is 36.3 Å². The monoisotopic (exact) mass is 493 g/mol. The van der Waals surface area contributed by atoms with E-state index >= 15 is 0 Å². The Bertz CT molecular complexity index is 1190. The fourth-order valence-electron chi connectivity index (χ4n) is 5.36. The molecule has 0 unspecified atom stereocenters. The van der Waals surface area contributed by atoms with E-state index < -0.39 is 6.04 Å². The molecule has 1 aliphatic heterocycles. The fraction of sp³-hybridized carbons (Fsp3) is 0.481. The third-order valence-electron chi connectivity index (χ3n) is 7.20. The van der Waals surface area contributed by atoms with Crippen LogP contribution in [0.1, 0.15) is 56.6 Å². The van der Waals surface area contributed by atoms with Crippen molar-refractivity contribution in [2.24, 2.45) is 0 Å². The van der Waals surface area contributed by atoms with Crippen LogP contribution in [-0.2, 0) is 20.9 Å². The maximum atomic E-state index is 14.0. The number of aromatic nitrogens is 3. The van der Waals surface area contributed by atoms with Crippen molar-refractivity contribution in [1.82, 2.24) is 25.2 Å². The summed E-state index contributed by atoms with van der Waals surface area (Å²) in [6.07, 6.45) is 6.58. The zero-order valence-electron chi connectivity index (χ0n) is 20.3. The number of carbonyl (C=O) groups excluding carboxylic acids is 2. The third kappa shape index (κ3) is 5.41. The number of nitrogens with zero attached hydrogens (tertiary/aromatic N) is 4. The summed E-state index contributed by atoms with van der Waals surface area (Å²) < 4.78 is 21.1. The molecule has 1 saturated heterocycles. The van der Waals surface area contributed by atoms with Gasteiger partial charge in [0.15, 0.2) is 0 Å². The number of rotatable bonds is 8. The Balaban J connectivity index is 1.47. The molecule has 1 saturated carbocycles. The first-order valence-corrected chi connectivity index (χ1v) is 12.8. The molecule has 2 fully saturated rings. The zero-order chi connectivity index (χ0) is 24.9. The highest BCUT2D eigenvalue weighted by molar-refractivity contribution is 5.89. The number of nitrogens with one attached hydrogen (secondary N) is 1. The number of carbonyl (C=O) groups is 2. The first-order chi connectivity index (χ1) is 17.6. The first-order valence-electron chi connectivity index (χ1n) is 12.8. The van der Waals surface area contributed by atoms with Gasteiger partial charge in [0.2, 0.25) is 11.8 Å². The molecule has 2 aliphatic rings. The smallest absolute Gasteiger partial charge is 0.247 e. The number of fused-ring (bicyclic) bond motifs is 1. The number of para-hydroxylation sites is 1.